The first-order valence-corrected chi connectivity index (χ1v) is 8.43. The first-order valence-electron chi connectivity index (χ1n) is 8.43. The highest BCUT2D eigenvalue weighted by atomic mass is 16.3. The van der Waals surface area contributed by atoms with Gasteiger partial charge in [-0.05, 0) is 43.7 Å². The number of para-hydroxylation sites is 1. The lowest BCUT2D eigenvalue weighted by molar-refractivity contribution is 0.280. The lowest BCUT2D eigenvalue weighted by Gasteiger charge is -2.12. The van der Waals surface area contributed by atoms with E-state index < -0.39 is 0 Å². The topological polar surface area (TPSA) is 47.1 Å². The van der Waals surface area contributed by atoms with Crippen LogP contribution in [0.5, 0.6) is 0 Å². The van der Waals surface area contributed by atoms with Crippen molar-refractivity contribution < 1.29 is 4.42 Å². The van der Waals surface area contributed by atoms with Crippen LogP contribution in [-0.2, 0) is 13.1 Å². The highest BCUT2D eigenvalue weighted by Crippen LogP contribution is 2.47. The van der Waals surface area contributed by atoms with Crippen molar-refractivity contribution in [2.45, 2.75) is 32.4 Å². The summed E-state index contributed by atoms with van der Waals surface area (Å²) in [4.78, 5) is 3.86. The Morgan fingerprint density at radius 1 is 1.17 bits per heavy atom. The van der Waals surface area contributed by atoms with Gasteiger partial charge in [-0.3, -0.25) is 4.90 Å². The van der Waals surface area contributed by atoms with Crippen LogP contribution >= 0.6 is 0 Å². The van der Waals surface area contributed by atoms with Crippen LogP contribution < -0.4 is 0 Å². The van der Waals surface area contributed by atoms with Gasteiger partial charge in [0.2, 0.25) is 0 Å². The zero-order valence-corrected chi connectivity index (χ0v) is 14.1. The molecule has 124 valence electrons. The van der Waals surface area contributed by atoms with Gasteiger partial charge in [0.05, 0.1) is 24.1 Å². The third-order valence-electron chi connectivity index (χ3n) is 4.54. The second-order valence-corrected chi connectivity index (χ2v) is 6.76. The first-order chi connectivity index (χ1) is 11.7. The molecular weight excluding hydrogens is 300 g/mol. The molecule has 0 amide bonds. The van der Waals surface area contributed by atoms with E-state index >= 15 is 0 Å². The zero-order valence-electron chi connectivity index (χ0n) is 14.1. The van der Waals surface area contributed by atoms with Crippen LogP contribution in [0.4, 0.5) is 0 Å². The second kappa shape index (κ2) is 6.24. The number of nitrogens with zero attached hydrogens (tertiary/aromatic N) is 4. The third-order valence-corrected chi connectivity index (χ3v) is 4.54. The molecular formula is C19H22N4O. The maximum absolute atomic E-state index is 5.98. The molecule has 2 aromatic heterocycles. The van der Waals surface area contributed by atoms with Gasteiger partial charge in [0.25, 0.3) is 0 Å². The van der Waals surface area contributed by atoms with E-state index in [9.17, 15) is 0 Å². The molecule has 4 rings (SSSR count). The van der Waals surface area contributed by atoms with Crippen molar-refractivity contribution in [2.24, 2.45) is 5.92 Å². The Labute approximate surface area is 141 Å². The van der Waals surface area contributed by atoms with Crippen molar-refractivity contribution in [2.75, 3.05) is 7.05 Å². The van der Waals surface area contributed by atoms with Crippen LogP contribution in [0, 0.1) is 5.92 Å². The molecule has 1 saturated carbocycles. The smallest absolute Gasteiger partial charge is 0.118 e. The van der Waals surface area contributed by atoms with Crippen LogP contribution in [0.25, 0.3) is 5.69 Å². The van der Waals surface area contributed by atoms with E-state index in [2.05, 4.69) is 41.2 Å². The van der Waals surface area contributed by atoms with Gasteiger partial charge >= 0.3 is 0 Å². The number of hydrogen-bond acceptors (Lipinski definition) is 4. The van der Waals surface area contributed by atoms with E-state index in [1.165, 1.54) is 6.42 Å². The number of furan rings is 1. The molecule has 1 fully saturated rings. The Kier molecular flexibility index (Phi) is 3.94. The maximum atomic E-state index is 5.98. The van der Waals surface area contributed by atoms with Gasteiger partial charge in [-0.1, -0.05) is 25.1 Å². The number of benzene rings is 1. The highest BCUT2D eigenvalue weighted by Gasteiger charge is 2.36. The van der Waals surface area contributed by atoms with E-state index in [0.717, 1.165) is 41.9 Å². The summed E-state index contributed by atoms with van der Waals surface area (Å²) in [5.41, 5.74) is 1.92. The number of hydrogen-bond donors (Lipinski definition) is 0. The summed E-state index contributed by atoms with van der Waals surface area (Å²) in [5.74, 6) is 3.56. The van der Waals surface area contributed by atoms with Gasteiger partial charge < -0.3 is 4.42 Å². The van der Waals surface area contributed by atoms with Gasteiger partial charge in [-0.15, -0.1) is 0 Å². The van der Waals surface area contributed by atoms with Crippen LogP contribution in [0.2, 0.25) is 0 Å². The molecule has 24 heavy (non-hydrogen) atoms. The summed E-state index contributed by atoms with van der Waals surface area (Å²) in [6.45, 7) is 3.79. The fourth-order valence-electron chi connectivity index (χ4n) is 3.05. The normalized spacial score (nSPS) is 19.8. The van der Waals surface area contributed by atoms with Gasteiger partial charge in [0.15, 0.2) is 0 Å². The summed E-state index contributed by atoms with van der Waals surface area (Å²) in [6.07, 6.45) is 3.08. The molecule has 3 aromatic rings. The Morgan fingerprint density at radius 2 is 1.96 bits per heavy atom. The minimum absolute atomic E-state index is 0.634. The summed E-state index contributed by atoms with van der Waals surface area (Å²) in [5, 5.41) is 8.89. The Hall–Kier alpha value is -2.40. The Morgan fingerprint density at radius 3 is 2.71 bits per heavy atom. The Balaban J connectivity index is 1.37. The van der Waals surface area contributed by atoms with Crippen molar-refractivity contribution in [1.29, 1.82) is 0 Å². The zero-order chi connectivity index (χ0) is 16.5. The molecule has 0 spiro atoms. The van der Waals surface area contributed by atoms with Gasteiger partial charge in [-0.25, -0.2) is 0 Å². The molecule has 1 aliphatic rings. The molecule has 0 saturated heterocycles. The minimum Gasteiger partial charge on any atom is -0.464 e. The largest absolute Gasteiger partial charge is 0.464 e. The predicted octanol–water partition coefficient (Wildman–Crippen LogP) is 3.62. The average molecular weight is 322 g/mol. The molecule has 1 aliphatic carbocycles. The van der Waals surface area contributed by atoms with E-state index in [1.54, 1.807) is 4.80 Å². The summed E-state index contributed by atoms with van der Waals surface area (Å²) >= 11 is 0. The van der Waals surface area contributed by atoms with Gasteiger partial charge in [-0.2, -0.15) is 15.0 Å². The molecule has 0 radical (unpaired) electrons. The fraction of sp³-hybridized carbons (Fsp3) is 0.368. The quantitative estimate of drug-likeness (QED) is 0.695. The molecule has 0 unspecified atom stereocenters. The van der Waals surface area contributed by atoms with Crippen molar-refractivity contribution in [3.8, 4) is 5.69 Å². The van der Waals surface area contributed by atoms with E-state index in [4.69, 9.17) is 4.42 Å². The van der Waals surface area contributed by atoms with Crippen LogP contribution in [0.3, 0.4) is 0 Å². The van der Waals surface area contributed by atoms with Crippen LogP contribution in [0.1, 0.15) is 36.5 Å². The predicted molar refractivity (Wildman–Crippen MR) is 91.8 cm³/mol. The lowest BCUT2D eigenvalue weighted by atomic mass is 10.3. The highest BCUT2D eigenvalue weighted by molar-refractivity contribution is 5.28. The third kappa shape index (κ3) is 3.26. The van der Waals surface area contributed by atoms with E-state index in [0.29, 0.717) is 5.92 Å². The SMILES string of the molecule is C[C@@H]1C[C@H]1c1ccc(CN(C)Cc2cnn(-c3ccccc3)n2)o1. The molecule has 5 nitrogen and oxygen atoms in total. The number of aromatic nitrogens is 3. The summed E-state index contributed by atoms with van der Waals surface area (Å²) in [7, 11) is 2.07. The molecule has 0 bridgehead atoms. The van der Waals surface area contributed by atoms with E-state index in [1.807, 2.05) is 36.5 Å². The molecule has 0 aliphatic heterocycles. The summed E-state index contributed by atoms with van der Waals surface area (Å²) in [6, 6.07) is 14.2. The van der Waals surface area contributed by atoms with Crippen molar-refractivity contribution in [3.05, 3.63) is 65.9 Å². The lowest BCUT2D eigenvalue weighted by Crippen LogP contribution is -2.17. The van der Waals surface area contributed by atoms with Crippen molar-refractivity contribution in [1.82, 2.24) is 19.9 Å². The Bertz CT molecular complexity index is 808. The molecule has 2 heterocycles. The molecule has 5 heteroatoms. The van der Waals surface area contributed by atoms with Crippen LogP contribution in [0.15, 0.2) is 53.1 Å². The van der Waals surface area contributed by atoms with Crippen LogP contribution in [-0.4, -0.2) is 26.9 Å². The first kappa shape index (κ1) is 15.1. The maximum Gasteiger partial charge on any atom is 0.118 e. The monoisotopic (exact) mass is 322 g/mol. The van der Waals surface area contributed by atoms with Crippen molar-refractivity contribution >= 4 is 0 Å². The fourth-order valence-corrected chi connectivity index (χ4v) is 3.05. The average Bonchev–Trinajstić information content (AvgIpc) is 2.99. The minimum atomic E-state index is 0.634. The summed E-state index contributed by atoms with van der Waals surface area (Å²) < 4.78 is 5.98. The number of rotatable bonds is 6. The van der Waals surface area contributed by atoms with Gasteiger partial charge in [0, 0.05) is 12.5 Å². The molecule has 2 atom stereocenters. The van der Waals surface area contributed by atoms with Gasteiger partial charge in [0.1, 0.15) is 11.5 Å². The second-order valence-electron chi connectivity index (χ2n) is 6.76. The molecule has 0 N–H and O–H groups in total. The van der Waals surface area contributed by atoms with Crippen molar-refractivity contribution in [3.63, 3.8) is 0 Å². The molecule has 1 aromatic carbocycles. The van der Waals surface area contributed by atoms with E-state index in [-0.39, 0.29) is 0 Å². The standard InChI is InChI=1S/C19H22N4O/c1-14-10-18(14)19-9-8-17(24-19)13-22(2)12-15-11-20-23(21-15)16-6-4-3-5-7-16/h3-9,11,14,18H,10,12-13H2,1-2H3/t14-,18-/m1/s1.